The Balaban J connectivity index is 1.48. The van der Waals surface area contributed by atoms with Crippen LogP contribution < -0.4 is 10.1 Å². The Hall–Kier alpha value is -3.27. The van der Waals surface area contributed by atoms with Crippen LogP contribution in [0.15, 0.2) is 65.1 Å². The zero-order valence-electron chi connectivity index (χ0n) is 14.7. The molecule has 1 amide bonds. The van der Waals surface area contributed by atoms with E-state index in [0.717, 1.165) is 38.8 Å². The molecule has 26 heavy (non-hydrogen) atoms. The predicted molar refractivity (Wildman–Crippen MR) is 104 cm³/mol. The number of anilines is 1. The van der Waals surface area contributed by atoms with Crippen LogP contribution in [0.3, 0.4) is 0 Å². The number of furan rings is 1. The third-order valence-electron chi connectivity index (χ3n) is 4.22. The SMILES string of the molecule is Cc1cc(C)cc(NC(=O)COc2ccc3oc4ccccc4c3c2)c1. The van der Waals surface area contributed by atoms with Crippen molar-refractivity contribution >= 4 is 33.5 Å². The van der Waals surface area contributed by atoms with E-state index in [1.807, 2.05) is 68.4 Å². The van der Waals surface area contributed by atoms with Crippen LogP contribution in [-0.2, 0) is 4.79 Å². The van der Waals surface area contributed by atoms with E-state index in [0.29, 0.717) is 5.75 Å². The normalized spacial score (nSPS) is 11.0. The molecule has 130 valence electrons. The van der Waals surface area contributed by atoms with Crippen LogP contribution in [0.25, 0.3) is 21.9 Å². The highest BCUT2D eigenvalue weighted by atomic mass is 16.5. The van der Waals surface area contributed by atoms with Crippen molar-refractivity contribution in [2.24, 2.45) is 0 Å². The van der Waals surface area contributed by atoms with Gasteiger partial charge in [0.1, 0.15) is 16.9 Å². The van der Waals surface area contributed by atoms with Crippen molar-refractivity contribution < 1.29 is 13.9 Å². The highest BCUT2D eigenvalue weighted by Crippen LogP contribution is 2.31. The number of amides is 1. The molecule has 0 radical (unpaired) electrons. The number of hydrogen-bond donors (Lipinski definition) is 1. The molecule has 0 saturated heterocycles. The Labute approximate surface area is 151 Å². The van der Waals surface area contributed by atoms with E-state index in [2.05, 4.69) is 11.4 Å². The number of benzene rings is 3. The van der Waals surface area contributed by atoms with E-state index in [-0.39, 0.29) is 12.5 Å². The summed E-state index contributed by atoms with van der Waals surface area (Å²) in [5.41, 5.74) is 4.65. The lowest BCUT2D eigenvalue weighted by Gasteiger charge is -2.09. The molecule has 4 aromatic rings. The first kappa shape index (κ1) is 16.2. The van der Waals surface area contributed by atoms with Gasteiger partial charge in [0, 0.05) is 16.5 Å². The summed E-state index contributed by atoms with van der Waals surface area (Å²) in [6.45, 7) is 3.96. The maximum absolute atomic E-state index is 12.2. The molecular formula is C22H19NO3. The molecule has 3 aromatic carbocycles. The lowest BCUT2D eigenvalue weighted by atomic mass is 10.1. The maximum Gasteiger partial charge on any atom is 0.262 e. The third kappa shape index (κ3) is 3.26. The van der Waals surface area contributed by atoms with Crippen LogP contribution in [0.5, 0.6) is 5.75 Å². The van der Waals surface area contributed by atoms with Gasteiger partial charge in [0.05, 0.1) is 0 Å². The van der Waals surface area contributed by atoms with Crippen molar-refractivity contribution in [2.75, 3.05) is 11.9 Å². The van der Waals surface area contributed by atoms with Gasteiger partial charge in [0.15, 0.2) is 6.61 Å². The number of carbonyl (C=O) groups excluding carboxylic acids is 1. The number of ether oxygens (including phenoxy) is 1. The van der Waals surface area contributed by atoms with E-state index in [1.54, 1.807) is 0 Å². The van der Waals surface area contributed by atoms with E-state index < -0.39 is 0 Å². The molecular weight excluding hydrogens is 326 g/mol. The van der Waals surface area contributed by atoms with Crippen LogP contribution in [-0.4, -0.2) is 12.5 Å². The van der Waals surface area contributed by atoms with Crippen LogP contribution >= 0.6 is 0 Å². The minimum absolute atomic E-state index is 0.0473. The second-order valence-electron chi connectivity index (χ2n) is 6.47. The molecule has 0 aliphatic heterocycles. The first-order valence-electron chi connectivity index (χ1n) is 8.51. The van der Waals surface area contributed by atoms with Gasteiger partial charge in [-0.05, 0) is 61.4 Å². The lowest BCUT2D eigenvalue weighted by Crippen LogP contribution is -2.20. The molecule has 1 N–H and O–H groups in total. The number of aryl methyl sites for hydroxylation is 2. The van der Waals surface area contributed by atoms with Crippen molar-refractivity contribution in [2.45, 2.75) is 13.8 Å². The van der Waals surface area contributed by atoms with E-state index in [4.69, 9.17) is 9.15 Å². The molecule has 0 atom stereocenters. The summed E-state index contributed by atoms with van der Waals surface area (Å²) in [5.74, 6) is 0.451. The second kappa shape index (κ2) is 6.56. The van der Waals surface area contributed by atoms with Crippen molar-refractivity contribution in [1.82, 2.24) is 0 Å². The van der Waals surface area contributed by atoms with Gasteiger partial charge in [0.2, 0.25) is 0 Å². The van der Waals surface area contributed by atoms with Crippen molar-refractivity contribution in [1.29, 1.82) is 0 Å². The summed E-state index contributed by atoms with van der Waals surface area (Å²) in [6, 6.07) is 19.4. The molecule has 4 nitrogen and oxygen atoms in total. The second-order valence-corrected chi connectivity index (χ2v) is 6.47. The predicted octanol–water partition coefficient (Wildman–Crippen LogP) is 5.22. The van der Waals surface area contributed by atoms with Crippen molar-refractivity contribution in [3.8, 4) is 5.75 Å². The molecule has 1 aromatic heterocycles. The molecule has 0 saturated carbocycles. The van der Waals surface area contributed by atoms with Crippen molar-refractivity contribution in [3.63, 3.8) is 0 Å². The quantitative estimate of drug-likeness (QED) is 0.552. The third-order valence-corrected chi connectivity index (χ3v) is 4.22. The first-order valence-corrected chi connectivity index (χ1v) is 8.51. The number of carbonyl (C=O) groups is 1. The largest absolute Gasteiger partial charge is 0.484 e. The standard InChI is InChI=1S/C22H19NO3/c1-14-9-15(2)11-16(10-14)23-22(24)13-25-17-7-8-21-19(12-17)18-5-3-4-6-20(18)26-21/h3-12H,13H2,1-2H3,(H,23,24). The van der Waals surface area contributed by atoms with Crippen LogP contribution in [0.2, 0.25) is 0 Å². The average Bonchev–Trinajstić information content (AvgIpc) is 2.97. The number of rotatable bonds is 4. The van der Waals surface area contributed by atoms with Gasteiger partial charge in [-0.2, -0.15) is 0 Å². The summed E-state index contributed by atoms with van der Waals surface area (Å²) < 4.78 is 11.5. The minimum Gasteiger partial charge on any atom is -0.484 e. The Morgan fingerprint density at radius 1 is 0.923 bits per heavy atom. The van der Waals surface area contributed by atoms with E-state index >= 15 is 0 Å². The number of fused-ring (bicyclic) bond motifs is 3. The van der Waals surface area contributed by atoms with Gasteiger partial charge in [-0.3, -0.25) is 4.79 Å². The fraction of sp³-hybridized carbons (Fsp3) is 0.136. The molecule has 4 heteroatoms. The summed E-state index contributed by atoms with van der Waals surface area (Å²) in [6.07, 6.45) is 0. The topological polar surface area (TPSA) is 51.5 Å². The van der Waals surface area contributed by atoms with Gasteiger partial charge >= 0.3 is 0 Å². The Morgan fingerprint density at radius 2 is 1.65 bits per heavy atom. The summed E-state index contributed by atoms with van der Waals surface area (Å²) in [4.78, 5) is 12.2. The summed E-state index contributed by atoms with van der Waals surface area (Å²) >= 11 is 0. The van der Waals surface area contributed by atoms with E-state index in [9.17, 15) is 4.79 Å². The van der Waals surface area contributed by atoms with Gasteiger partial charge in [-0.1, -0.05) is 24.3 Å². The molecule has 0 fully saturated rings. The molecule has 0 aliphatic rings. The van der Waals surface area contributed by atoms with Crippen LogP contribution in [0, 0.1) is 13.8 Å². The molecule has 0 unspecified atom stereocenters. The smallest absolute Gasteiger partial charge is 0.262 e. The summed E-state index contributed by atoms with van der Waals surface area (Å²) in [7, 11) is 0. The van der Waals surface area contributed by atoms with Gasteiger partial charge < -0.3 is 14.5 Å². The van der Waals surface area contributed by atoms with Crippen LogP contribution in [0.4, 0.5) is 5.69 Å². The zero-order chi connectivity index (χ0) is 18.1. The zero-order valence-corrected chi connectivity index (χ0v) is 14.7. The molecule has 0 aliphatic carbocycles. The fourth-order valence-electron chi connectivity index (χ4n) is 3.19. The van der Waals surface area contributed by atoms with E-state index in [1.165, 1.54) is 0 Å². The van der Waals surface area contributed by atoms with Gasteiger partial charge in [-0.15, -0.1) is 0 Å². The number of hydrogen-bond acceptors (Lipinski definition) is 3. The Kier molecular flexibility index (Phi) is 4.09. The number of para-hydroxylation sites is 1. The van der Waals surface area contributed by atoms with Crippen molar-refractivity contribution in [3.05, 3.63) is 71.8 Å². The molecule has 0 spiro atoms. The van der Waals surface area contributed by atoms with Gasteiger partial charge in [-0.25, -0.2) is 0 Å². The fourth-order valence-corrected chi connectivity index (χ4v) is 3.19. The molecule has 4 rings (SSSR count). The van der Waals surface area contributed by atoms with Gasteiger partial charge in [0.25, 0.3) is 5.91 Å². The maximum atomic E-state index is 12.2. The molecule has 0 bridgehead atoms. The molecule has 1 heterocycles. The highest BCUT2D eigenvalue weighted by Gasteiger charge is 2.09. The minimum atomic E-state index is -0.188. The Morgan fingerprint density at radius 3 is 2.46 bits per heavy atom. The Bertz CT molecular complexity index is 1090. The summed E-state index contributed by atoms with van der Waals surface area (Å²) in [5, 5.41) is 4.89. The number of nitrogens with one attached hydrogen (secondary N) is 1. The van der Waals surface area contributed by atoms with Crippen LogP contribution in [0.1, 0.15) is 11.1 Å². The lowest BCUT2D eigenvalue weighted by molar-refractivity contribution is -0.118. The first-order chi connectivity index (χ1) is 12.6. The highest BCUT2D eigenvalue weighted by molar-refractivity contribution is 6.05. The average molecular weight is 345 g/mol. The monoisotopic (exact) mass is 345 g/mol.